The second-order valence-corrected chi connectivity index (χ2v) is 6.99. The lowest BCUT2D eigenvalue weighted by molar-refractivity contribution is -0.136. The van der Waals surface area contributed by atoms with Gasteiger partial charge in [0.25, 0.3) is 5.91 Å². The summed E-state index contributed by atoms with van der Waals surface area (Å²) in [7, 11) is 1.24. The van der Waals surface area contributed by atoms with Crippen molar-refractivity contribution in [3.8, 4) is 0 Å². The van der Waals surface area contributed by atoms with E-state index in [9.17, 15) is 14.0 Å². The van der Waals surface area contributed by atoms with E-state index in [1.54, 1.807) is 12.1 Å². The van der Waals surface area contributed by atoms with Crippen LogP contribution in [-0.4, -0.2) is 61.8 Å². The van der Waals surface area contributed by atoms with E-state index in [0.717, 1.165) is 38.8 Å². The quantitative estimate of drug-likeness (QED) is 0.721. The summed E-state index contributed by atoms with van der Waals surface area (Å²) in [5.74, 6) is -1.42. The minimum Gasteiger partial charge on any atom is -0.466 e. The summed E-state index contributed by atoms with van der Waals surface area (Å²) in [5, 5.41) is 12.0. The molecule has 0 atom stereocenters. The zero-order valence-corrected chi connectivity index (χ0v) is 16.0. The Morgan fingerprint density at radius 2 is 1.96 bits per heavy atom. The van der Waals surface area contributed by atoms with E-state index >= 15 is 0 Å². The van der Waals surface area contributed by atoms with Gasteiger partial charge in [0, 0.05) is 25.3 Å². The molecule has 0 bridgehead atoms. The van der Waals surface area contributed by atoms with Gasteiger partial charge in [0.2, 0.25) is 0 Å². The van der Waals surface area contributed by atoms with Gasteiger partial charge < -0.3 is 25.0 Å². The van der Waals surface area contributed by atoms with Crippen LogP contribution < -0.4 is 10.2 Å². The van der Waals surface area contributed by atoms with Crippen molar-refractivity contribution >= 4 is 23.3 Å². The number of anilines is 2. The molecule has 0 radical (unpaired) electrons. The van der Waals surface area contributed by atoms with Crippen molar-refractivity contribution in [1.82, 2.24) is 4.90 Å². The highest BCUT2D eigenvalue weighted by Crippen LogP contribution is 2.28. The van der Waals surface area contributed by atoms with Crippen LogP contribution in [0.4, 0.5) is 15.8 Å². The van der Waals surface area contributed by atoms with Crippen LogP contribution in [0.3, 0.4) is 0 Å². The van der Waals surface area contributed by atoms with Crippen LogP contribution >= 0.6 is 0 Å². The summed E-state index contributed by atoms with van der Waals surface area (Å²) >= 11 is 0. The highest BCUT2D eigenvalue weighted by molar-refractivity contribution is 6.08. The van der Waals surface area contributed by atoms with Crippen LogP contribution in [0.1, 0.15) is 25.7 Å². The predicted molar refractivity (Wildman–Crippen MR) is 103 cm³/mol. The molecule has 0 aromatic heterocycles. The first-order valence-corrected chi connectivity index (χ1v) is 9.58. The lowest BCUT2D eigenvalue weighted by Crippen LogP contribution is -2.31. The molecule has 1 fully saturated rings. The summed E-state index contributed by atoms with van der Waals surface area (Å²) in [6, 6.07) is 4.74. The molecule has 2 N–H and O–H groups in total. The van der Waals surface area contributed by atoms with E-state index in [2.05, 4.69) is 10.2 Å². The van der Waals surface area contributed by atoms with Crippen molar-refractivity contribution in [2.24, 2.45) is 0 Å². The van der Waals surface area contributed by atoms with Gasteiger partial charge in [0.15, 0.2) is 0 Å². The number of rotatable bonds is 6. The molecular formula is C20H26FN3O4. The van der Waals surface area contributed by atoms with E-state index in [1.165, 1.54) is 18.1 Å². The standard InChI is InChI=1S/C20H26FN3O4/c1-28-20(27)15-13-24(10-11-25)19(26)18(15)22-14-6-7-17(16(21)12-14)23-8-4-2-3-5-9-23/h6-7,12,22,25H,2-5,8-11,13H2,1H3. The highest BCUT2D eigenvalue weighted by Gasteiger charge is 2.34. The Hall–Kier alpha value is -2.61. The van der Waals surface area contributed by atoms with Crippen molar-refractivity contribution in [3.63, 3.8) is 0 Å². The number of amides is 1. The number of hydrogen-bond acceptors (Lipinski definition) is 6. The van der Waals surface area contributed by atoms with Gasteiger partial charge >= 0.3 is 5.97 Å². The Kier molecular flexibility index (Phi) is 6.51. The maximum absolute atomic E-state index is 14.7. The molecule has 152 valence electrons. The third kappa shape index (κ3) is 4.27. The van der Waals surface area contributed by atoms with Gasteiger partial charge in [-0.2, -0.15) is 0 Å². The minimum absolute atomic E-state index is 0.0444. The Morgan fingerprint density at radius 3 is 2.57 bits per heavy atom. The summed E-state index contributed by atoms with van der Waals surface area (Å²) in [6.45, 7) is 1.59. The maximum Gasteiger partial charge on any atom is 0.337 e. The molecular weight excluding hydrogens is 365 g/mol. The number of benzene rings is 1. The number of ether oxygens (including phenoxy) is 1. The molecule has 1 amide bonds. The highest BCUT2D eigenvalue weighted by atomic mass is 19.1. The molecule has 1 saturated heterocycles. The van der Waals surface area contributed by atoms with Crippen LogP contribution in [0.2, 0.25) is 0 Å². The molecule has 28 heavy (non-hydrogen) atoms. The average molecular weight is 391 g/mol. The van der Waals surface area contributed by atoms with Crippen LogP contribution in [0, 0.1) is 5.82 Å². The summed E-state index contributed by atoms with van der Waals surface area (Å²) < 4.78 is 19.5. The zero-order valence-electron chi connectivity index (χ0n) is 16.0. The van der Waals surface area contributed by atoms with E-state index in [4.69, 9.17) is 9.84 Å². The number of esters is 1. The monoisotopic (exact) mass is 391 g/mol. The number of nitrogens with zero attached hydrogens (tertiary/aromatic N) is 2. The summed E-state index contributed by atoms with van der Waals surface area (Å²) in [4.78, 5) is 28.0. The van der Waals surface area contributed by atoms with E-state index < -0.39 is 11.9 Å². The van der Waals surface area contributed by atoms with Gasteiger partial charge in [-0.25, -0.2) is 9.18 Å². The van der Waals surface area contributed by atoms with Gasteiger partial charge in [0.1, 0.15) is 11.5 Å². The largest absolute Gasteiger partial charge is 0.466 e. The number of hydrogen-bond donors (Lipinski definition) is 2. The molecule has 0 spiro atoms. The number of aliphatic hydroxyl groups excluding tert-OH is 1. The number of carbonyl (C=O) groups is 2. The first kappa shape index (κ1) is 20.1. The minimum atomic E-state index is -0.627. The number of halogens is 1. The van der Waals surface area contributed by atoms with Gasteiger partial charge in [-0.15, -0.1) is 0 Å². The number of carbonyl (C=O) groups excluding carboxylic acids is 2. The van der Waals surface area contributed by atoms with Gasteiger partial charge in [0.05, 0.1) is 31.5 Å². The normalized spacial score (nSPS) is 17.8. The molecule has 1 aromatic carbocycles. The predicted octanol–water partition coefficient (Wildman–Crippen LogP) is 1.88. The number of nitrogens with one attached hydrogen (secondary N) is 1. The molecule has 2 heterocycles. The lowest BCUT2D eigenvalue weighted by atomic mass is 10.2. The third-order valence-electron chi connectivity index (χ3n) is 5.12. The summed E-state index contributed by atoms with van der Waals surface area (Å²) in [5.41, 5.74) is 1.15. The van der Waals surface area contributed by atoms with Crippen molar-refractivity contribution < 1.29 is 23.8 Å². The number of methoxy groups -OCH3 is 1. The Labute approximate surface area is 163 Å². The second-order valence-electron chi connectivity index (χ2n) is 6.99. The fraction of sp³-hybridized carbons (Fsp3) is 0.500. The third-order valence-corrected chi connectivity index (χ3v) is 5.12. The molecule has 3 rings (SSSR count). The lowest BCUT2D eigenvalue weighted by Gasteiger charge is -2.23. The molecule has 7 nitrogen and oxygen atoms in total. The van der Waals surface area contributed by atoms with Gasteiger partial charge in [-0.1, -0.05) is 12.8 Å². The topological polar surface area (TPSA) is 82.1 Å². The van der Waals surface area contributed by atoms with Crippen molar-refractivity contribution in [1.29, 1.82) is 0 Å². The Balaban J connectivity index is 1.82. The molecule has 0 unspecified atom stereocenters. The zero-order chi connectivity index (χ0) is 20.1. The fourth-order valence-electron chi connectivity index (χ4n) is 3.65. The van der Waals surface area contributed by atoms with Gasteiger partial charge in [-0.3, -0.25) is 4.79 Å². The fourth-order valence-corrected chi connectivity index (χ4v) is 3.65. The van der Waals surface area contributed by atoms with Crippen LogP contribution in [-0.2, 0) is 14.3 Å². The average Bonchev–Trinajstić information content (AvgIpc) is 2.87. The van der Waals surface area contributed by atoms with Gasteiger partial charge in [-0.05, 0) is 31.0 Å². The van der Waals surface area contributed by atoms with Crippen molar-refractivity contribution in [3.05, 3.63) is 35.3 Å². The smallest absolute Gasteiger partial charge is 0.337 e. The van der Waals surface area contributed by atoms with Crippen LogP contribution in [0.15, 0.2) is 29.5 Å². The Morgan fingerprint density at radius 1 is 1.25 bits per heavy atom. The summed E-state index contributed by atoms with van der Waals surface area (Å²) in [6.07, 6.45) is 4.41. The molecule has 0 saturated carbocycles. The number of β-amino-alcohol motifs (C(OH)–C–C–N with tert-alkyl or cyclic N) is 1. The van der Waals surface area contributed by atoms with Crippen LogP contribution in [0.5, 0.6) is 0 Å². The molecule has 0 aliphatic carbocycles. The molecule has 1 aromatic rings. The van der Waals surface area contributed by atoms with Crippen molar-refractivity contribution in [2.75, 3.05) is 50.1 Å². The Bertz CT molecular complexity index is 773. The second kappa shape index (κ2) is 9.05. The van der Waals surface area contributed by atoms with Crippen molar-refractivity contribution in [2.45, 2.75) is 25.7 Å². The van der Waals surface area contributed by atoms with E-state index in [0.29, 0.717) is 11.4 Å². The van der Waals surface area contributed by atoms with E-state index in [1.807, 2.05) is 0 Å². The van der Waals surface area contributed by atoms with E-state index in [-0.39, 0.29) is 36.8 Å². The van der Waals surface area contributed by atoms with Crippen LogP contribution in [0.25, 0.3) is 0 Å². The first-order valence-electron chi connectivity index (χ1n) is 9.58. The molecule has 2 aliphatic rings. The molecule has 2 aliphatic heterocycles. The first-order chi connectivity index (χ1) is 13.5. The maximum atomic E-state index is 14.7. The SMILES string of the molecule is COC(=O)C1=C(Nc2ccc(N3CCCCCC3)c(F)c2)C(=O)N(CCO)C1. The molecule has 8 heteroatoms. The number of aliphatic hydroxyl groups is 1.